The van der Waals surface area contributed by atoms with Crippen LogP contribution in [0.1, 0.15) is 0 Å². The normalized spacial score (nSPS) is 9.89. The van der Waals surface area contributed by atoms with Crippen molar-refractivity contribution in [1.29, 1.82) is 0 Å². The van der Waals surface area contributed by atoms with Crippen molar-refractivity contribution in [2.24, 2.45) is 0 Å². The van der Waals surface area contributed by atoms with Crippen LogP contribution < -0.4 is 10.1 Å². The van der Waals surface area contributed by atoms with E-state index in [4.69, 9.17) is 27.9 Å². The monoisotopic (exact) mass is 281 g/mol. The van der Waals surface area contributed by atoms with Crippen LogP contribution in [0.3, 0.4) is 0 Å². The minimum atomic E-state index is -0.620. The van der Waals surface area contributed by atoms with Crippen molar-refractivity contribution < 1.29 is 9.53 Å². The molecule has 0 fully saturated rings. The lowest BCUT2D eigenvalue weighted by Gasteiger charge is -2.08. The molecule has 2 aromatic carbocycles. The first kappa shape index (κ1) is 12.7. The summed E-state index contributed by atoms with van der Waals surface area (Å²) in [5.41, 5.74) is 0.407. The maximum absolute atomic E-state index is 11.6. The van der Waals surface area contributed by atoms with Gasteiger partial charge in [0.25, 0.3) is 0 Å². The predicted molar refractivity (Wildman–Crippen MR) is 72.6 cm³/mol. The molecule has 2 aromatic rings. The van der Waals surface area contributed by atoms with Gasteiger partial charge in [-0.3, -0.25) is 5.32 Å². The van der Waals surface area contributed by atoms with E-state index in [1.54, 1.807) is 42.5 Å². The number of carbonyl (C=O) groups excluding carboxylic acids is 1. The highest BCUT2D eigenvalue weighted by atomic mass is 35.5. The van der Waals surface area contributed by atoms with Crippen molar-refractivity contribution in [2.75, 3.05) is 5.32 Å². The molecule has 92 valence electrons. The third kappa shape index (κ3) is 3.39. The van der Waals surface area contributed by atoms with Crippen molar-refractivity contribution in [3.8, 4) is 5.75 Å². The fraction of sp³-hybridized carbons (Fsp3) is 0. The Kier molecular flexibility index (Phi) is 4.07. The molecule has 3 nitrogen and oxygen atoms in total. The number of hydrogen-bond donors (Lipinski definition) is 1. The molecule has 1 N–H and O–H groups in total. The smallest absolute Gasteiger partial charge is 0.410 e. The van der Waals surface area contributed by atoms with Gasteiger partial charge in [0, 0.05) is 5.02 Å². The maximum Gasteiger partial charge on any atom is 0.417 e. The highest BCUT2D eigenvalue weighted by Gasteiger charge is 2.08. The fourth-order valence-electron chi connectivity index (χ4n) is 1.32. The Morgan fingerprint density at radius 1 is 1.06 bits per heavy atom. The number of para-hydroxylation sites is 1. The zero-order valence-electron chi connectivity index (χ0n) is 9.19. The van der Waals surface area contributed by atoms with Gasteiger partial charge in [-0.15, -0.1) is 0 Å². The minimum absolute atomic E-state index is 0.393. The number of rotatable bonds is 2. The molecule has 0 saturated carbocycles. The largest absolute Gasteiger partial charge is 0.417 e. The average molecular weight is 282 g/mol. The van der Waals surface area contributed by atoms with Crippen molar-refractivity contribution in [1.82, 2.24) is 0 Å². The molecular formula is C13H9Cl2NO2. The van der Waals surface area contributed by atoms with Crippen LogP contribution in [0, 0.1) is 0 Å². The lowest BCUT2D eigenvalue weighted by Crippen LogP contribution is -2.16. The van der Waals surface area contributed by atoms with Crippen LogP contribution >= 0.6 is 23.2 Å². The number of amides is 1. The molecule has 5 heteroatoms. The van der Waals surface area contributed by atoms with Crippen molar-refractivity contribution in [3.05, 3.63) is 58.6 Å². The van der Waals surface area contributed by atoms with Gasteiger partial charge in [-0.1, -0.05) is 41.4 Å². The maximum atomic E-state index is 11.6. The Bertz CT molecular complexity index is 558. The van der Waals surface area contributed by atoms with E-state index < -0.39 is 6.09 Å². The Labute approximate surface area is 114 Å². The average Bonchev–Trinajstić information content (AvgIpc) is 2.35. The molecule has 0 atom stereocenters. The van der Waals surface area contributed by atoms with Gasteiger partial charge in [0.2, 0.25) is 0 Å². The third-order valence-electron chi connectivity index (χ3n) is 2.12. The SMILES string of the molecule is O=C(Nc1cc(Cl)ccc1Cl)Oc1ccccc1. The van der Waals surface area contributed by atoms with E-state index in [0.29, 0.717) is 21.5 Å². The van der Waals surface area contributed by atoms with E-state index >= 15 is 0 Å². The van der Waals surface area contributed by atoms with Crippen molar-refractivity contribution in [3.63, 3.8) is 0 Å². The first-order chi connectivity index (χ1) is 8.65. The second-order valence-electron chi connectivity index (χ2n) is 3.45. The van der Waals surface area contributed by atoms with Gasteiger partial charge >= 0.3 is 6.09 Å². The summed E-state index contributed by atoms with van der Waals surface area (Å²) in [6.07, 6.45) is -0.620. The van der Waals surface area contributed by atoms with Crippen LogP contribution in [0.2, 0.25) is 10.0 Å². The van der Waals surface area contributed by atoms with Crippen LogP contribution in [-0.2, 0) is 0 Å². The Morgan fingerprint density at radius 3 is 2.50 bits per heavy atom. The number of carbonyl (C=O) groups is 1. The second-order valence-corrected chi connectivity index (χ2v) is 4.30. The predicted octanol–water partition coefficient (Wildman–Crippen LogP) is 4.60. The molecular weight excluding hydrogens is 273 g/mol. The summed E-state index contributed by atoms with van der Waals surface area (Å²) in [6.45, 7) is 0. The van der Waals surface area contributed by atoms with Crippen LogP contribution in [-0.4, -0.2) is 6.09 Å². The number of ether oxygens (including phenoxy) is 1. The summed E-state index contributed by atoms with van der Waals surface area (Å²) in [5, 5.41) is 3.40. The van der Waals surface area contributed by atoms with Gasteiger partial charge in [-0.05, 0) is 30.3 Å². The highest BCUT2D eigenvalue weighted by Crippen LogP contribution is 2.25. The molecule has 0 bridgehead atoms. The Morgan fingerprint density at radius 2 is 1.78 bits per heavy atom. The topological polar surface area (TPSA) is 38.3 Å². The molecule has 0 aliphatic heterocycles. The summed E-state index contributed by atoms with van der Waals surface area (Å²) >= 11 is 11.7. The first-order valence-corrected chi connectivity index (χ1v) is 5.89. The lowest BCUT2D eigenvalue weighted by molar-refractivity contribution is 0.215. The van der Waals surface area contributed by atoms with Crippen molar-refractivity contribution >= 4 is 35.0 Å². The molecule has 1 amide bonds. The number of benzene rings is 2. The molecule has 18 heavy (non-hydrogen) atoms. The Hall–Kier alpha value is -1.71. The molecule has 0 aromatic heterocycles. The van der Waals surface area contributed by atoms with Gasteiger partial charge in [0.05, 0.1) is 10.7 Å². The van der Waals surface area contributed by atoms with E-state index in [0.717, 1.165) is 0 Å². The molecule has 0 radical (unpaired) electrons. The van der Waals surface area contributed by atoms with Crippen molar-refractivity contribution in [2.45, 2.75) is 0 Å². The summed E-state index contributed by atoms with van der Waals surface area (Å²) < 4.78 is 5.06. The van der Waals surface area contributed by atoms with E-state index in [2.05, 4.69) is 5.32 Å². The zero-order valence-corrected chi connectivity index (χ0v) is 10.7. The zero-order chi connectivity index (χ0) is 13.0. The summed E-state index contributed by atoms with van der Waals surface area (Å²) in [5.74, 6) is 0.452. The number of halogens is 2. The molecule has 0 heterocycles. The minimum Gasteiger partial charge on any atom is -0.410 e. The third-order valence-corrected chi connectivity index (χ3v) is 2.68. The van der Waals surface area contributed by atoms with E-state index in [1.165, 1.54) is 0 Å². The van der Waals surface area contributed by atoms with Crippen LogP contribution in [0.5, 0.6) is 5.75 Å². The van der Waals surface area contributed by atoms with Gasteiger partial charge in [-0.2, -0.15) is 0 Å². The fourth-order valence-corrected chi connectivity index (χ4v) is 1.66. The molecule has 0 spiro atoms. The second kappa shape index (κ2) is 5.76. The first-order valence-electron chi connectivity index (χ1n) is 5.14. The molecule has 0 unspecified atom stereocenters. The van der Waals surface area contributed by atoms with E-state index in [9.17, 15) is 4.79 Å². The lowest BCUT2D eigenvalue weighted by atomic mass is 10.3. The molecule has 0 saturated heterocycles. The number of anilines is 1. The quantitative estimate of drug-likeness (QED) is 0.873. The molecule has 0 aliphatic rings. The Balaban J connectivity index is 2.05. The van der Waals surface area contributed by atoms with Crippen LogP contribution in [0.25, 0.3) is 0 Å². The standard InChI is InChI=1S/C13H9Cl2NO2/c14-9-6-7-11(15)12(8-9)16-13(17)18-10-4-2-1-3-5-10/h1-8H,(H,16,17). The summed E-state index contributed by atoms with van der Waals surface area (Å²) in [7, 11) is 0. The van der Waals surface area contributed by atoms with E-state index in [1.807, 2.05) is 6.07 Å². The van der Waals surface area contributed by atoms with Gasteiger partial charge in [-0.25, -0.2) is 4.79 Å². The molecule has 0 aliphatic carbocycles. The van der Waals surface area contributed by atoms with Crippen LogP contribution in [0.15, 0.2) is 48.5 Å². The number of nitrogens with one attached hydrogen (secondary N) is 1. The number of hydrogen-bond acceptors (Lipinski definition) is 2. The van der Waals surface area contributed by atoms with Gasteiger partial charge < -0.3 is 4.74 Å². The highest BCUT2D eigenvalue weighted by molar-refractivity contribution is 6.35. The van der Waals surface area contributed by atoms with Gasteiger partial charge in [0.15, 0.2) is 0 Å². The molecule has 2 rings (SSSR count). The van der Waals surface area contributed by atoms with Gasteiger partial charge in [0.1, 0.15) is 5.75 Å². The van der Waals surface area contributed by atoms with E-state index in [-0.39, 0.29) is 0 Å². The summed E-state index contributed by atoms with van der Waals surface area (Å²) in [4.78, 5) is 11.6. The summed E-state index contributed by atoms with van der Waals surface area (Å²) in [6, 6.07) is 13.5. The van der Waals surface area contributed by atoms with Crippen LogP contribution in [0.4, 0.5) is 10.5 Å².